The monoisotopic (exact) mass is 1010 g/mol. The van der Waals surface area contributed by atoms with Crippen molar-refractivity contribution in [3.05, 3.63) is 93.0 Å². The molecule has 0 heterocycles. The Bertz CT molecular complexity index is 2480. The fraction of sp³-hybridized carbons (Fsp3) is 0.176. The SMILES string of the molecule is COc1ccc(N=Nc2cccc([N+](=O)[O-])c2S(=O)(=O)[O-])c(NC(=O)CC(C)=O)c1.COc1ccc(N=Nc2cccc([N+](=O)[O-])c2S(=O)(=O)[O-])c(NC(=O)CC(C)=O)c1.[Ba+2]. The first kappa shape index (κ1) is 51.3. The number of ketones is 2. The van der Waals surface area contributed by atoms with Gasteiger partial charge in [-0.1, -0.05) is 12.1 Å². The van der Waals surface area contributed by atoms with Crippen molar-refractivity contribution >= 4 is 138 Å². The molecule has 0 bridgehead atoms. The Morgan fingerprint density at radius 2 is 0.918 bits per heavy atom. The van der Waals surface area contributed by atoms with Gasteiger partial charge in [-0.15, -0.1) is 20.5 Å². The maximum Gasteiger partial charge on any atom is 2.00 e. The number of hydrogen-bond acceptors (Lipinski definition) is 20. The molecule has 0 radical (unpaired) electrons. The summed E-state index contributed by atoms with van der Waals surface area (Å²) in [7, 11) is -7.72. The Balaban J connectivity index is 0.000000413. The van der Waals surface area contributed by atoms with Gasteiger partial charge in [0.2, 0.25) is 11.8 Å². The maximum atomic E-state index is 11.9. The van der Waals surface area contributed by atoms with Crippen molar-refractivity contribution in [3.63, 3.8) is 0 Å². The van der Waals surface area contributed by atoms with Crippen molar-refractivity contribution in [1.82, 2.24) is 0 Å². The maximum absolute atomic E-state index is 11.9. The third-order valence-corrected chi connectivity index (χ3v) is 8.98. The molecule has 27 heteroatoms. The van der Waals surface area contributed by atoms with Crippen LogP contribution in [0.5, 0.6) is 11.5 Å². The number of ether oxygens (including phenoxy) is 2. The Kier molecular flexibility index (Phi) is 19.1. The first-order chi connectivity index (χ1) is 28.0. The zero-order valence-corrected chi connectivity index (χ0v) is 38.2. The molecule has 0 saturated heterocycles. The van der Waals surface area contributed by atoms with Crippen molar-refractivity contribution in [3.8, 4) is 11.5 Å². The summed E-state index contributed by atoms with van der Waals surface area (Å²) >= 11 is 0. The largest absolute Gasteiger partial charge is 2.00 e. The molecule has 0 fully saturated rings. The average molecular weight is 1010 g/mol. The predicted molar refractivity (Wildman–Crippen MR) is 210 cm³/mol. The molecule has 316 valence electrons. The zero-order chi connectivity index (χ0) is 44.9. The zero-order valence-electron chi connectivity index (χ0n) is 32.1. The van der Waals surface area contributed by atoms with Gasteiger partial charge in [-0.05, 0) is 50.2 Å². The van der Waals surface area contributed by atoms with Gasteiger partial charge in [0.05, 0.1) is 48.3 Å². The topological polar surface area (TPSA) is 361 Å². The van der Waals surface area contributed by atoms with Crippen LogP contribution in [-0.4, -0.2) is 122 Å². The second kappa shape index (κ2) is 22.7. The van der Waals surface area contributed by atoms with Crippen LogP contribution in [0.2, 0.25) is 0 Å². The van der Waals surface area contributed by atoms with Crippen molar-refractivity contribution in [1.29, 1.82) is 0 Å². The van der Waals surface area contributed by atoms with Crippen LogP contribution >= 0.6 is 0 Å². The van der Waals surface area contributed by atoms with E-state index in [-0.39, 0.29) is 83.2 Å². The molecule has 0 spiro atoms. The molecular weight excluding hydrogens is 978 g/mol. The van der Waals surface area contributed by atoms with Gasteiger partial charge in [-0.25, -0.2) is 16.8 Å². The minimum Gasteiger partial charge on any atom is -0.744 e. The molecule has 61 heavy (non-hydrogen) atoms. The number of anilines is 2. The number of carbonyl (C=O) groups excluding carboxylic acids is 4. The third kappa shape index (κ3) is 15.3. The Hall–Kier alpha value is -5.85. The average Bonchev–Trinajstić information content (AvgIpc) is 3.15. The molecule has 0 unspecified atom stereocenters. The number of methoxy groups -OCH3 is 2. The number of Topliss-reactive ketones (excluding diaryl/α,β-unsaturated/α-hetero) is 2. The van der Waals surface area contributed by atoms with Gasteiger partial charge in [0.25, 0.3) is 11.4 Å². The molecular formula is C34H30BaN8O16S2. The van der Waals surface area contributed by atoms with Gasteiger partial charge in [0, 0.05) is 24.3 Å². The van der Waals surface area contributed by atoms with Crippen LogP contribution in [0.3, 0.4) is 0 Å². The molecule has 4 aromatic rings. The van der Waals surface area contributed by atoms with Crippen molar-refractivity contribution in [2.75, 3.05) is 24.9 Å². The van der Waals surface area contributed by atoms with Crippen LogP contribution in [-0.2, 0) is 39.4 Å². The molecule has 0 aromatic heterocycles. The minimum absolute atomic E-state index is 0. The number of nitrogens with zero attached hydrogens (tertiary/aromatic N) is 6. The molecule has 0 aliphatic carbocycles. The number of benzene rings is 4. The number of carbonyl (C=O) groups is 4. The van der Waals surface area contributed by atoms with E-state index in [2.05, 4.69) is 31.1 Å². The molecule has 0 atom stereocenters. The number of nitro groups is 2. The summed E-state index contributed by atoms with van der Waals surface area (Å²) in [5, 5.41) is 41.9. The molecule has 4 rings (SSSR count). The number of amides is 2. The van der Waals surface area contributed by atoms with Gasteiger partial charge >= 0.3 is 48.9 Å². The number of rotatable bonds is 16. The van der Waals surface area contributed by atoms with Crippen LogP contribution in [0, 0.1) is 20.2 Å². The van der Waals surface area contributed by atoms with Gasteiger partial charge in [0.15, 0.2) is 9.79 Å². The van der Waals surface area contributed by atoms with Gasteiger partial charge in [-0.3, -0.25) is 39.4 Å². The van der Waals surface area contributed by atoms with E-state index in [0.717, 1.165) is 36.4 Å². The fourth-order valence-corrected chi connectivity index (χ4v) is 6.23. The van der Waals surface area contributed by atoms with E-state index in [1.807, 2.05) is 0 Å². The van der Waals surface area contributed by atoms with Crippen molar-refractivity contribution < 1.29 is 64.4 Å². The van der Waals surface area contributed by atoms with E-state index < -0.39 is 87.3 Å². The van der Waals surface area contributed by atoms with E-state index in [0.29, 0.717) is 11.5 Å². The van der Waals surface area contributed by atoms with Gasteiger partial charge in [-0.2, -0.15) is 0 Å². The summed E-state index contributed by atoms with van der Waals surface area (Å²) in [5.74, 6) is -1.34. The van der Waals surface area contributed by atoms with Crippen LogP contribution in [0.4, 0.5) is 45.5 Å². The van der Waals surface area contributed by atoms with Crippen molar-refractivity contribution in [2.24, 2.45) is 20.5 Å². The number of nitrogens with one attached hydrogen (secondary N) is 2. The molecule has 0 saturated carbocycles. The molecule has 0 aliphatic heterocycles. The second-order valence-corrected chi connectivity index (χ2v) is 14.3. The van der Waals surface area contributed by atoms with E-state index in [1.54, 1.807) is 0 Å². The Morgan fingerprint density at radius 3 is 1.20 bits per heavy atom. The van der Waals surface area contributed by atoms with Crippen molar-refractivity contribution in [2.45, 2.75) is 36.5 Å². The first-order valence-corrected chi connectivity index (χ1v) is 19.1. The molecule has 24 nitrogen and oxygen atoms in total. The van der Waals surface area contributed by atoms with Crippen LogP contribution in [0.25, 0.3) is 0 Å². The van der Waals surface area contributed by atoms with Crippen LogP contribution in [0.1, 0.15) is 26.7 Å². The third-order valence-electron chi connectivity index (χ3n) is 7.15. The van der Waals surface area contributed by atoms with Gasteiger partial charge < -0.3 is 29.2 Å². The quantitative estimate of drug-likeness (QED) is 0.0359. The summed E-state index contributed by atoms with van der Waals surface area (Å²) in [4.78, 5) is 63.9. The summed E-state index contributed by atoms with van der Waals surface area (Å²) in [6.07, 6.45) is -0.783. The second-order valence-electron chi connectivity index (χ2n) is 11.7. The van der Waals surface area contributed by atoms with E-state index in [9.17, 15) is 65.3 Å². The summed E-state index contributed by atoms with van der Waals surface area (Å²) in [5.41, 5.74) is -2.76. The van der Waals surface area contributed by atoms with E-state index >= 15 is 0 Å². The molecule has 4 aromatic carbocycles. The van der Waals surface area contributed by atoms with Crippen LogP contribution < -0.4 is 20.1 Å². The normalized spacial score (nSPS) is 11.1. The van der Waals surface area contributed by atoms with E-state index in [1.165, 1.54) is 64.5 Å². The molecule has 0 aliphatic rings. The smallest absolute Gasteiger partial charge is 0.744 e. The predicted octanol–water partition coefficient (Wildman–Crippen LogP) is 5.30. The summed E-state index contributed by atoms with van der Waals surface area (Å²) < 4.78 is 79.2. The fourth-order valence-electron chi connectivity index (χ4n) is 4.70. The van der Waals surface area contributed by atoms with E-state index in [4.69, 9.17) is 9.47 Å². The molecule has 2 amide bonds. The standard InChI is InChI=1S/2C17H16N4O8S.Ba/c2*1-10(22)8-16(23)18-14-9-11(29-2)6-7-12(14)19-20-13-4-3-5-15(21(24)25)17(13)30(26,27)28;/h2*3-7,9H,8H2,1-2H3,(H,18,23)(H,26,27,28);/q;;+2/p-2. The molecule has 2 N–H and O–H groups in total. The van der Waals surface area contributed by atoms with Gasteiger partial charge in [0.1, 0.15) is 66.1 Å². The minimum atomic E-state index is -5.24. The summed E-state index contributed by atoms with van der Waals surface area (Å²) in [6, 6.07) is 14.6. The number of azo groups is 2. The Morgan fingerprint density at radius 1 is 0.590 bits per heavy atom. The number of hydrogen-bond donors (Lipinski definition) is 2. The number of nitro benzene ring substituents is 2. The first-order valence-electron chi connectivity index (χ1n) is 16.3. The van der Waals surface area contributed by atoms with Crippen LogP contribution in [0.15, 0.2) is 103 Å². The summed E-state index contributed by atoms with van der Waals surface area (Å²) in [6.45, 7) is 2.47. The Labute approximate surface area is 385 Å².